The Morgan fingerprint density at radius 1 is 1.17 bits per heavy atom. The SMILES string of the molecule is COc1ccccc1[C@H]1c2c(oc3ccc(Cl)cc3c2=O)C(=O)N1CCCN(C)C. The van der Waals surface area contributed by atoms with Gasteiger partial charge in [-0.2, -0.15) is 0 Å². The van der Waals surface area contributed by atoms with Crippen molar-refractivity contribution in [1.29, 1.82) is 0 Å². The number of para-hydroxylation sites is 1. The van der Waals surface area contributed by atoms with E-state index in [1.54, 1.807) is 30.2 Å². The van der Waals surface area contributed by atoms with Crippen molar-refractivity contribution in [1.82, 2.24) is 9.80 Å². The maximum atomic E-state index is 13.5. The van der Waals surface area contributed by atoms with Crippen LogP contribution in [0.1, 0.15) is 34.1 Å². The topological polar surface area (TPSA) is 63.0 Å². The summed E-state index contributed by atoms with van der Waals surface area (Å²) >= 11 is 6.12. The summed E-state index contributed by atoms with van der Waals surface area (Å²) in [4.78, 5) is 30.6. The van der Waals surface area contributed by atoms with Crippen LogP contribution < -0.4 is 10.2 Å². The normalized spacial score (nSPS) is 15.8. The number of halogens is 1. The van der Waals surface area contributed by atoms with Gasteiger partial charge < -0.3 is 19.0 Å². The quantitative estimate of drug-likeness (QED) is 0.597. The van der Waals surface area contributed by atoms with Crippen molar-refractivity contribution < 1.29 is 13.9 Å². The summed E-state index contributed by atoms with van der Waals surface area (Å²) < 4.78 is 11.5. The van der Waals surface area contributed by atoms with Crippen molar-refractivity contribution >= 4 is 28.5 Å². The first kappa shape index (κ1) is 20.4. The molecular formula is C23H23ClN2O4. The third-order valence-corrected chi connectivity index (χ3v) is 5.60. The standard InChI is InChI=1S/C23H23ClN2O4/c1-25(2)11-6-12-26-20(15-7-4-5-8-17(15)29-3)19-21(27)16-13-14(24)9-10-18(16)30-22(19)23(26)28/h4-5,7-10,13,20H,6,11-12H2,1-3H3/t20-/m0/s1. The van der Waals surface area contributed by atoms with E-state index in [1.165, 1.54) is 0 Å². The number of nitrogens with zero attached hydrogens (tertiary/aromatic N) is 2. The van der Waals surface area contributed by atoms with E-state index in [0.717, 1.165) is 18.5 Å². The van der Waals surface area contributed by atoms with Gasteiger partial charge in [0, 0.05) is 17.1 Å². The number of hydrogen-bond donors (Lipinski definition) is 0. The molecule has 0 fully saturated rings. The maximum absolute atomic E-state index is 13.5. The third kappa shape index (κ3) is 3.46. The molecule has 0 spiro atoms. The zero-order chi connectivity index (χ0) is 21.4. The Hall–Kier alpha value is -2.83. The summed E-state index contributed by atoms with van der Waals surface area (Å²) in [6, 6.07) is 11.7. The molecular weight excluding hydrogens is 404 g/mol. The number of rotatable bonds is 6. The van der Waals surface area contributed by atoms with Crippen LogP contribution >= 0.6 is 11.6 Å². The average molecular weight is 427 g/mol. The first-order chi connectivity index (χ1) is 14.4. The van der Waals surface area contributed by atoms with Crippen molar-refractivity contribution in [2.24, 2.45) is 0 Å². The molecule has 1 amide bonds. The highest BCUT2D eigenvalue weighted by Gasteiger charge is 2.43. The van der Waals surface area contributed by atoms with E-state index in [-0.39, 0.29) is 17.1 Å². The Bertz CT molecular complexity index is 1170. The van der Waals surface area contributed by atoms with E-state index >= 15 is 0 Å². The molecule has 0 aliphatic carbocycles. The van der Waals surface area contributed by atoms with Crippen molar-refractivity contribution in [2.45, 2.75) is 12.5 Å². The molecule has 1 atom stereocenters. The van der Waals surface area contributed by atoms with Gasteiger partial charge in [-0.1, -0.05) is 29.8 Å². The molecule has 2 heterocycles. The summed E-state index contributed by atoms with van der Waals surface area (Å²) in [6.45, 7) is 1.30. The van der Waals surface area contributed by atoms with Gasteiger partial charge in [0.15, 0.2) is 5.43 Å². The van der Waals surface area contributed by atoms with Crippen LogP contribution in [0.25, 0.3) is 11.0 Å². The van der Waals surface area contributed by atoms with Crippen LogP contribution in [0, 0.1) is 0 Å². The molecule has 0 bridgehead atoms. The van der Waals surface area contributed by atoms with Crippen molar-refractivity contribution in [2.75, 3.05) is 34.3 Å². The number of hydrogen-bond acceptors (Lipinski definition) is 5. The fourth-order valence-electron chi connectivity index (χ4n) is 4.00. The largest absolute Gasteiger partial charge is 0.496 e. The number of benzene rings is 2. The monoisotopic (exact) mass is 426 g/mol. The third-order valence-electron chi connectivity index (χ3n) is 5.37. The van der Waals surface area contributed by atoms with Crippen molar-refractivity contribution in [3.05, 3.63) is 74.6 Å². The van der Waals surface area contributed by atoms with E-state index in [4.69, 9.17) is 20.8 Å². The molecule has 0 saturated heterocycles. The lowest BCUT2D eigenvalue weighted by Crippen LogP contribution is -2.32. The highest BCUT2D eigenvalue weighted by atomic mass is 35.5. The van der Waals surface area contributed by atoms with Gasteiger partial charge in [-0.05, 0) is 51.3 Å². The van der Waals surface area contributed by atoms with Crippen LogP contribution in [0.5, 0.6) is 5.75 Å². The number of ether oxygens (including phenoxy) is 1. The summed E-state index contributed by atoms with van der Waals surface area (Å²) in [7, 11) is 5.55. The molecule has 1 aliphatic heterocycles. The van der Waals surface area contributed by atoms with Gasteiger partial charge in [-0.25, -0.2) is 0 Å². The molecule has 0 radical (unpaired) electrons. The molecule has 2 aromatic carbocycles. The second-order valence-electron chi connectivity index (χ2n) is 7.61. The summed E-state index contributed by atoms with van der Waals surface area (Å²) in [5.74, 6) is 0.426. The summed E-state index contributed by atoms with van der Waals surface area (Å²) in [5, 5.41) is 0.805. The van der Waals surface area contributed by atoms with Crippen LogP contribution in [-0.4, -0.2) is 50.0 Å². The van der Waals surface area contributed by atoms with Gasteiger partial charge in [-0.3, -0.25) is 9.59 Å². The first-order valence-electron chi connectivity index (χ1n) is 9.77. The summed E-state index contributed by atoms with van der Waals surface area (Å²) in [6.07, 6.45) is 0.762. The lowest BCUT2D eigenvalue weighted by Gasteiger charge is -2.26. The molecule has 1 aromatic heterocycles. The molecule has 3 aromatic rings. The van der Waals surface area contributed by atoms with E-state index in [2.05, 4.69) is 4.90 Å². The Kier molecular flexibility index (Phi) is 5.54. The molecule has 156 valence electrons. The highest BCUT2D eigenvalue weighted by Crippen LogP contribution is 2.41. The Morgan fingerprint density at radius 2 is 1.93 bits per heavy atom. The molecule has 30 heavy (non-hydrogen) atoms. The van der Waals surface area contributed by atoms with Gasteiger partial charge in [0.05, 0.1) is 24.1 Å². The predicted molar refractivity (Wildman–Crippen MR) is 117 cm³/mol. The fraction of sp³-hybridized carbons (Fsp3) is 0.304. The van der Waals surface area contributed by atoms with E-state index in [9.17, 15) is 9.59 Å². The maximum Gasteiger partial charge on any atom is 0.290 e. The van der Waals surface area contributed by atoms with Gasteiger partial charge >= 0.3 is 0 Å². The molecule has 0 N–H and O–H groups in total. The van der Waals surface area contributed by atoms with Crippen LogP contribution in [0.2, 0.25) is 5.02 Å². The minimum Gasteiger partial charge on any atom is -0.496 e. The van der Waals surface area contributed by atoms with E-state index in [0.29, 0.717) is 33.8 Å². The molecule has 0 unspecified atom stereocenters. The minimum absolute atomic E-state index is 0.0931. The van der Waals surface area contributed by atoms with Crippen LogP contribution in [0.4, 0.5) is 0 Å². The van der Waals surface area contributed by atoms with Crippen molar-refractivity contribution in [3.8, 4) is 5.75 Å². The Morgan fingerprint density at radius 3 is 2.67 bits per heavy atom. The van der Waals surface area contributed by atoms with Crippen LogP contribution in [0.3, 0.4) is 0 Å². The lowest BCUT2D eigenvalue weighted by atomic mass is 9.97. The van der Waals surface area contributed by atoms with Gasteiger partial charge in [-0.15, -0.1) is 0 Å². The number of carbonyl (C=O) groups is 1. The number of carbonyl (C=O) groups excluding carboxylic acids is 1. The number of fused-ring (bicyclic) bond motifs is 2. The second kappa shape index (κ2) is 8.13. The number of amides is 1. The zero-order valence-electron chi connectivity index (χ0n) is 17.1. The van der Waals surface area contributed by atoms with Crippen LogP contribution in [0.15, 0.2) is 51.7 Å². The van der Waals surface area contributed by atoms with E-state index < -0.39 is 6.04 Å². The molecule has 6 nitrogen and oxygen atoms in total. The molecule has 4 rings (SSSR count). The highest BCUT2D eigenvalue weighted by molar-refractivity contribution is 6.31. The molecule has 7 heteroatoms. The van der Waals surface area contributed by atoms with Gasteiger partial charge in [0.25, 0.3) is 5.91 Å². The minimum atomic E-state index is -0.578. The zero-order valence-corrected chi connectivity index (χ0v) is 17.9. The van der Waals surface area contributed by atoms with Gasteiger partial charge in [0.2, 0.25) is 5.76 Å². The smallest absolute Gasteiger partial charge is 0.290 e. The average Bonchev–Trinajstić information content (AvgIpc) is 3.00. The van der Waals surface area contributed by atoms with Gasteiger partial charge in [0.1, 0.15) is 11.3 Å². The molecule has 0 saturated carbocycles. The van der Waals surface area contributed by atoms with Crippen LogP contribution in [-0.2, 0) is 0 Å². The Labute approximate surface area is 179 Å². The Balaban J connectivity index is 1.92. The molecule has 1 aliphatic rings. The lowest BCUT2D eigenvalue weighted by molar-refractivity contribution is 0.0721. The summed E-state index contributed by atoms with van der Waals surface area (Å²) in [5.41, 5.74) is 1.20. The predicted octanol–water partition coefficient (Wildman–Crippen LogP) is 3.95. The first-order valence-corrected chi connectivity index (χ1v) is 10.1. The fourth-order valence-corrected chi connectivity index (χ4v) is 4.17. The van der Waals surface area contributed by atoms with Crippen molar-refractivity contribution in [3.63, 3.8) is 0 Å². The number of methoxy groups -OCH3 is 1. The second-order valence-corrected chi connectivity index (χ2v) is 8.05. The van der Waals surface area contributed by atoms with E-state index in [1.807, 2.05) is 38.4 Å².